The van der Waals surface area contributed by atoms with Crippen molar-refractivity contribution in [2.75, 3.05) is 0 Å². The highest BCUT2D eigenvalue weighted by molar-refractivity contribution is 7.90. The van der Waals surface area contributed by atoms with Crippen molar-refractivity contribution >= 4 is 17.6 Å². The molecule has 0 spiro atoms. The van der Waals surface area contributed by atoms with E-state index in [9.17, 15) is 9.35 Å². The smallest absolute Gasteiger partial charge is 0.143 e. The van der Waals surface area contributed by atoms with Gasteiger partial charge in [-0.3, -0.25) is 0 Å². The van der Waals surface area contributed by atoms with Gasteiger partial charge in [0.15, 0.2) is 0 Å². The van der Waals surface area contributed by atoms with Crippen LogP contribution in [0.25, 0.3) is 0 Å². The molecule has 1 heterocycles. The summed E-state index contributed by atoms with van der Waals surface area (Å²) >= 11 is -1.02. The summed E-state index contributed by atoms with van der Waals surface area (Å²) in [4.78, 5) is 10.8. The summed E-state index contributed by atoms with van der Waals surface area (Å²) in [6, 6.07) is 0.218. The number of aldehydes is 1. The van der Waals surface area contributed by atoms with Gasteiger partial charge in [0.05, 0.1) is 6.04 Å². The Morgan fingerprint density at radius 3 is 2.36 bits per heavy atom. The minimum absolute atomic E-state index is 0.0671. The molecular weight excluding hydrogens is 198 g/mol. The van der Waals surface area contributed by atoms with E-state index in [2.05, 4.69) is 0 Å². The molecule has 0 amide bonds. The molecule has 1 aliphatic heterocycles. The molecule has 0 N–H and O–H groups in total. The van der Waals surface area contributed by atoms with Gasteiger partial charge in [-0.25, -0.2) is 0 Å². The number of hydrogen-bond acceptors (Lipinski definition) is 3. The van der Waals surface area contributed by atoms with E-state index >= 15 is 0 Å². The van der Waals surface area contributed by atoms with Crippen LogP contribution < -0.4 is 0 Å². The van der Waals surface area contributed by atoms with Gasteiger partial charge in [0.2, 0.25) is 0 Å². The van der Waals surface area contributed by atoms with Crippen molar-refractivity contribution in [2.45, 2.75) is 50.4 Å². The summed E-state index contributed by atoms with van der Waals surface area (Å²) in [5, 5.41) is 0. The molecule has 0 radical (unpaired) electrons. The van der Waals surface area contributed by atoms with E-state index in [0.29, 0.717) is 5.92 Å². The Bertz CT molecular complexity index is 247. The molecule has 4 atom stereocenters. The van der Waals surface area contributed by atoms with Crippen molar-refractivity contribution < 1.29 is 9.35 Å². The standard InChI is InChI=1S/C10H17NO2S/c1-10(2,3)14(13)11-8(6-12)9(11)7-4-5-7/h6-9H,4-5H2,1-3H3/t8-,9+,11?,14?/m1/s1. The Labute approximate surface area is 88.2 Å². The molecule has 1 aliphatic carbocycles. The molecule has 14 heavy (non-hydrogen) atoms. The molecular formula is C10H17NO2S. The normalized spacial score (nSPS) is 39.3. The second-order valence-corrected chi connectivity index (χ2v) is 7.32. The molecule has 1 saturated heterocycles. The van der Waals surface area contributed by atoms with E-state index in [-0.39, 0.29) is 16.8 Å². The quantitative estimate of drug-likeness (QED) is 0.402. The Balaban J connectivity index is 2.01. The molecule has 0 aromatic carbocycles. The van der Waals surface area contributed by atoms with Crippen LogP contribution in [0.3, 0.4) is 0 Å². The minimum atomic E-state index is -1.02. The minimum Gasteiger partial charge on any atom is -0.597 e. The number of carbonyl (C=O) groups is 1. The maximum absolute atomic E-state index is 12.0. The van der Waals surface area contributed by atoms with Crippen LogP contribution in [0.4, 0.5) is 0 Å². The van der Waals surface area contributed by atoms with Crippen LogP contribution in [0.1, 0.15) is 33.6 Å². The lowest BCUT2D eigenvalue weighted by Crippen LogP contribution is -2.35. The van der Waals surface area contributed by atoms with Crippen LogP contribution in [0.2, 0.25) is 0 Å². The summed E-state index contributed by atoms with van der Waals surface area (Å²) in [6.07, 6.45) is 3.35. The molecule has 80 valence electrons. The first-order valence-electron chi connectivity index (χ1n) is 5.12. The summed E-state index contributed by atoms with van der Waals surface area (Å²) in [5.41, 5.74) is 0. The molecule has 3 nitrogen and oxygen atoms in total. The number of rotatable bonds is 3. The zero-order chi connectivity index (χ0) is 10.5. The summed E-state index contributed by atoms with van der Waals surface area (Å²) in [6.45, 7) is 5.85. The highest BCUT2D eigenvalue weighted by Crippen LogP contribution is 2.49. The third-order valence-electron chi connectivity index (χ3n) is 2.81. The van der Waals surface area contributed by atoms with Crippen molar-refractivity contribution in [1.29, 1.82) is 0 Å². The van der Waals surface area contributed by atoms with Gasteiger partial charge in [0.25, 0.3) is 0 Å². The summed E-state index contributed by atoms with van der Waals surface area (Å²) in [7, 11) is 0. The monoisotopic (exact) mass is 215 g/mol. The number of carbonyl (C=O) groups excluding carboxylic acids is 1. The molecule has 1 saturated carbocycles. The Morgan fingerprint density at radius 1 is 1.43 bits per heavy atom. The molecule has 2 fully saturated rings. The van der Waals surface area contributed by atoms with Gasteiger partial charge in [0, 0.05) is 11.4 Å². The zero-order valence-corrected chi connectivity index (χ0v) is 9.71. The average molecular weight is 215 g/mol. The first-order chi connectivity index (χ1) is 6.46. The second-order valence-electron chi connectivity index (χ2n) is 5.18. The van der Waals surface area contributed by atoms with Crippen molar-refractivity contribution in [3.63, 3.8) is 0 Å². The summed E-state index contributed by atoms with van der Waals surface area (Å²) < 4.78 is 13.7. The van der Waals surface area contributed by atoms with Gasteiger partial charge in [-0.2, -0.15) is 0 Å². The van der Waals surface area contributed by atoms with E-state index in [1.807, 2.05) is 25.1 Å². The number of nitrogens with zero attached hydrogens (tertiary/aromatic N) is 1. The van der Waals surface area contributed by atoms with E-state index in [4.69, 9.17) is 0 Å². The largest absolute Gasteiger partial charge is 0.597 e. The molecule has 0 aromatic rings. The third-order valence-corrected chi connectivity index (χ3v) is 4.73. The molecule has 0 bridgehead atoms. The van der Waals surface area contributed by atoms with Crippen LogP contribution in [0, 0.1) is 5.92 Å². The maximum Gasteiger partial charge on any atom is 0.143 e. The van der Waals surface area contributed by atoms with E-state index in [0.717, 1.165) is 6.29 Å². The van der Waals surface area contributed by atoms with Gasteiger partial charge in [-0.15, -0.1) is 4.31 Å². The first-order valence-corrected chi connectivity index (χ1v) is 6.23. The number of hydrogen-bond donors (Lipinski definition) is 0. The van der Waals surface area contributed by atoms with Gasteiger partial charge in [-0.05, 0) is 39.5 Å². The average Bonchev–Trinajstić information content (AvgIpc) is 2.94. The predicted octanol–water partition coefficient (Wildman–Crippen LogP) is 1.11. The van der Waals surface area contributed by atoms with Crippen molar-refractivity contribution in [2.24, 2.45) is 5.92 Å². The Hall–Kier alpha value is -0.0600. The van der Waals surface area contributed by atoms with E-state index in [1.165, 1.54) is 12.8 Å². The molecule has 2 aliphatic rings. The van der Waals surface area contributed by atoms with Crippen molar-refractivity contribution in [1.82, 2.24) is 4.31 Å². The lowest BCUT2D eigenvalue weighted by atomic mass is 10.2. The van der Waals surface area contributed by atoms with Crippen molar-refractivity contribution in [3.8, 4) is 0 Å². The van der Waals surface area contributed by atoms with Gasteiger partial charge < -0.3 is 9.35 Å². The molecule has 0 aromatic heterocycles. The van der Waals surface area contributed by atoms with Crippen LogP contribution in [-0.4, -0.2) is 32.0 Å². The van der Waals surface area contributed by atoms with Crippen LogP contribution in [0.5, 0.6) is 0 Å². The fourth-order valence-corrected chi connectivity index (χ4v) is 3.34. The van der Waals surface area contributed by atoms with Crippen molar-refractivity contribution in [3.05, 3.63) is 0 Å². The van der Waals surface area contributed by atoms with E-state index < -0.39 is 11.4 Å². The lowest BCUT2D eigenvalue weighted by molar-refractivity contribution is -0.107. The lowest BCUT2D eigenvalue weighted by Gasteiger charge is -2.24. The van der Waals surface area contributed by atoms with Crippen LogP contribution >= 0.6 is 0 Å². The molecule has 2 unspecified atom stereocenters. The fourth-order valence-electron chi connectivity index (χ4n) is 1.85. The SMILES string of the molecule is CC(C)(C)[S+]([O-])N1[C@H](C=O)[C@@H]1C1CC1. The summed E-state index contributed by atoms with van der Waals surface area (Å²) in [5.74, 6) is 0.636. The highest BCUT2D eigenvalue weighted by Gasteiger charge is 2.64. The van der Waals surface area contributed by atoms with Crippen LogP contribution in [0.15, 0.2) is 0 Å². The third kappa shape index (κ3) is 1.71. The molecule has 2 rings (SSSR count). The fraction of sp³-hybridized carbons (Fsp3) is 0.900. The van der Waals surface area contributed by atoms with Gasteiger partial charge in [0.1, 0.15) is 17.1 Å². The molecule has 4 heteroatoms. The van der Waals surface area contributed by atoms with E-state index in [1.54, 1.807) is 0 Å². The maximum atomic E-state index is 12.0. The topological polar surface area (TPSA) is 43.1 Å². The predicted molar refractivity (Wildman–Crippen MR) is 56.1 cm³/mol. The van der Waals surface area contributed by atoms with Crippen LogP contribution in [-0.2, 0) is 16.2 Å². The second kappa shape index (κ2) is 3.22. The first kappa shape index (κ1) is 10.5. The highest BCUT2D eigenvalue weighted by atomic mass is 32.2. The van der Waals surface area contributed by atoms with Gasteiger partial charge in [-0.1, -0.05) is 0 Å². The zero-order valence-electron chi connectivity index (χ0n) is 8.90. The van der Waals surface area contributed by atoms with Gasteiger partial charge >= 0.3 is 0 Å². The Morgan fingerprint density at radius 2 is 2.00 bits per heavy atom. The Kier molecular flexibility index (Phi) is 2.40.